The highest BCUT2D eigenvalue weighted by molar-refractivity contribution is 5.77. The summed E-state index contributed by atoms with van der Waals surface area (Å²) in [5.41, 5.74) is 0.901. The third-order valence-corrected chi connectivity index (χ3v) is 3.63. The first-order valence-corrected chi connectivity index (χ1v) is 8.15. The number of para-hydroxylation sites is 1. The van der Waals surface area contributed by atoms with Crippen molar-refractivity contribution in [2.24, 2.45) is 11.8 Å². The summed E-state index contributed by atoms with van der Waals surface area (Å²) in [6, 6.07) is 7.45. The molecule has 1 unspecified atom stereocenters. The van der Waals surface area contributed by atoms with Gasteiger partial charge in [0.05, 0.1) is 5.92 Å². The second-order valence-electron chi connectivity index (χ2n) is 6.48. The number of nitrogens with one attached hydrogen (secondary N) is 1. The number of likely N-dealkylation sites (N-methyl/N-ethyl adjacent to an activating group) is 1. The van der Waals surface area contributed by atoms with Gasteiger partial charge in [-0.05, 0) is 18.4 Å². The fraction of sp³-hybridized carbons (Fsp3) is 0.556. The Balaban J connectivity index is 2.58. The van der Waals surface area contributed by atoms with Crippen molar-refractivity contribution in [1.82, 2.24) is 10.2 Å². The molecule has 6 nitrogen and oxygen atoms in total. The Hall–Kier alpha value is -2.08. The minimum Gasteiger partial charge on any atom is -0.483 e. The van der Waals surface area contributed by atoms with Crippen molar-refractivity contribution in [2.45, 2.75) is 26.8 Å². The molecule has 1 amide bonds. The van der Waals surface area contributed by atoms with Crippen molar-refractivity contribution in [3.8, 4) is 5.75 Å². The number of carboxylic acids is 1. The standard InChI is InChI=1S/C18H28N2O4/c1-13(2)9-15(18(22)23)11-19-10-14-7-5-6-8-16(14)24-12-17(21)20(3)4/h5-8,13,15,19H,9-12H2,1-4H3,(H,22,23). The number of hydrogen-bond donors (Lipinski definition) is 2. The van der Waals surface area contributed by atoms with E-state index in [0.717, 1.165) is 5.56 Å². The summed E-state index contributed by atoms with van der Waals surface area (Å²) in [7, 11) is 3.36. The number of carbonyl (C=O) groups excluding carboxylic acids is 1. The topological polar surface area (TPSA) is 78.9 Å². The third-order valence-electron chi connectivity index (χ3n) is 3.63. The number of hydrogen-bond acceptors (Lipinski definition) is 4. The number of benzene rings is 1. The molecule has 0 fully saturated rings. The number of rotatable bonds is 10. The van der Waals surface area contributed by atoms with Gasteiger partial charge in [0.15, 0.2) is 6.61 Å². The zero-order valence-corrected chi connectivity index (χ0v) is 14.9. The van der Waals surface area contributed by atoms with Crippen molar-refractivity contribution < 1.29 is 19.4 Å². The van der Waals surface area contributed by atoms with Gasteiger partial charge in [-0.3, -0.25) is 9.59 Å². The van der Waals surface area contributed by atoms with Crippen LogP contribution in [0.3, 0.4) is 0 Å². The van der Waals surface area contributed by atoms with Crippen LogP contribution in [-0.2, 0) is 16.1 Å². The lowest BCUT2D eigenvalue weighted by atomic mass is 9.97. The first-order chi connectivity index (χ1) is 11.3. The highest BCUT2D eigenvalue weighted by Crippen LogP contribution is 2.18. The smallest absolute Gasteiger partial charge is 0.307 e. The lowest BCUT2D eigenvalue weighted by Crippen LogP contribution is -2.30. The summed E-state index contributed by atoms with van der Waals surface area (Å²) in [5.74, 6) is -0.331. The number of nitrogens with zero attached hydrogens (tertiary/aromatic N) is 1. The van der Waals surface area contributed by atoms with Crippen LogP contribution in [0.25, 0.3) is 0 Å². The van der Waals surface area contributed by atoms with Crippen molar-refractivity contribution in [2.75, 3.05) is 27.2 Å². The van der Waals surface area contributed by atoms with Gasteiger partial charge < -0.3 is 20.1 Å². The Morgan fingerprint density at radius 2 is 1.92 bits per heavy atom. The van der Waals surface area contributed by atoms with Crippen LogP contribution in [0, 0.1) is 11.8 Å². The van der Waals surface area contributed by atoms with Crippen LogP contribution in [0.2, 0.25) is 0 Å². The molecule has 1 aromatic rings. The average Bonchev–Trinajstić information content (AvgIpc) is 2.51. The highest BCUT2D eigenvalue weighted by Gasteiger charge is 2.18. The Morgan fingerprint density at radius 3 is 2.50 bits per heavy atom. The van der Waals surface area contributed by atoms with Gasteiger partial charge in [0.25, 0.3) is 5.91 Å². The monoisotopic (exact) mass is 336 g/mol. The van der Waals surface area contributed by atoms with E-state index < -0.39 is 11.9 Å². The molecule has 0 bridgehead atoms. The maximum Gasteiger partial charge on any atom is 0.307 e. The molecule has 1 rings (SSSR count). The predicted octanol–water partition coefficient (Wildman–Crippen LogP) is 1.99. The third kappa shape index (κ3) is 7.00. The normalized spacial score (nSPS) is 12.0. The number of amides is 1. The highest BCUT2D eigenvalue weighted by atomic mass is 16.5. The molecule has 0 heterocycles. The van der Waals surface area contributed by atoms with Crippen LogP contribution in [0.4, 0.5) is 0 Å². The second-order valence-corrected chi connectivity index (χ2v) is 6.48. The Bertz CT molecular complexity index is 544. The van der Waals surface area contributed by atoms with Crippen LogP contribution in [-0.4, -0.2) is 49.1 Å². The molecule has 0 radical (unpaired) electrons. The number of aliphatic carboxylic acids is 1. The van der Waals surface area contributed by atoms with E-state index in [1.54, 1.807) is 14.1 Å². The van der Waals surface area contributed by atoms with E-state index in [1.807, 2.05) is 38.1 Å². The molecule has 24 heavy (non-hydrogen) atoms. The Morgan fingerprint density at radius 1 is 1.25 bits per heavy atom. The van der Waals surface area contributed by atoms with E-state index in [9.17, 15) is 14.7 Å². The van der Waals surface area contributed by atoms with Crippen LogP contribution in [0.1, 0.15) is 25.8 Å². The predicted molar refractivity (Wildman–Crippen MR) is 92.9 cm³/mol. The zero-order valence-electron chi connectivity index (χ0n) is 14.9. The van der Waals surface area contributed by atoms with Crippen molar-refractivity contribution in [3.05, 3.63) is 29.8 Å². The second kappa shape index (κ2) is 9.93. The van der Waals surface area contributed by atoms with Gasteiger partial charge in [-0.1, -0.05) is 32.0 Å². The SMILES string of the molecule is CC(C)CC(CNCc1ccccc1OCC(=O)N(C)C)C(=O)O. The number of carboxylic acid groups (broad SMARTS) is 1. The molecular formula is C18H28N2O4. The van der Waals surface area contributed by atoms with Gasteiger partial charge in [0.1, 0.15) is 5.75 Å². The van der Waals surface area contributed by atoms with Gasteiger partial charge in [0, 0.05) is 32.7 Å². The van der Waals surface area contributed by atoms with Gasteiger partial charge in [-0.25, -0.2) is 0 Å². The molecule has 134 valence electrons. The molecule has 0 saturated heterocycles. The number of carbonyl (C=O) groups is 2. The molecule has 0 aliphatic heterocycles. The van der Waals surface area contributed by atoms with Crippen LogP contribution in [0.5, 0.6) is 5.75 Å². The summed E-state index contributed by atoms with van der Waals surface area (Å²) in [6.07, 6.45) is 0.637. The number of ether oxygens (including phenoxy) is 1. The van der Waals surface area contributed by atoms with E-state index >= 15 is 0 Å². The summed E-state index contributed by atoms with van der Waals surface area (Å²) in [5, 5.41) is 12.4. The van der Waals surface area contributed by atoms with Crippen LogP contribution < -0.4 is 10.1 Å². The van der Waals surface area contributed by atoms with E-state index in [2.05, 4.69) is 5.32 Å². The minimum absolute atomic E-state index is 0.0187. The molecule has 6 heteroatoms. The molecular weight excluding hydrogens is 308 g/mol. The molecule has 0 spiro atoms. The maximum atomic E-state index is 11.6. The largest absolute Gasteiger partial charge is 0.483 e. The molecule has 0 aliphatic rings. The van der Waals surface area contributed by atoms with Gasteiger partial charge in [-0.15, -0.1) is 0 Å². The molecule has 0 saturated carbocycles. The summed E-state index contributed by atoms with van der Waals surface area (Å²) in [6.45, 7) is 4.91. The Kier molecular flexibility index (Phi) is 8.26. The summed E-state index contributed by atoms with van der Waals surface area (Å²) < 4.78 is 5.58. The van der Waals surface area contributed by atoms with E-state index in [0.29, 0.717) is 31.2 Å². The summed E-state index contributed by atoms with van der Waals surface area (Å²) in [4.78, 5) is 24.4. The average molecular weight is 336 g/mol. The fourth-order valence-corrected chi connectivity index (χ4v) is 2.28. The van der Waals surface area contributed by atoms with E-state index in [1.165, 1.54) is 4.90 Å². The zero-order chi connectivity index (χ0) is 18.1. The van der Waals surface area contributed by atoms with Gasteiger partial charge >= 0.3 is 5.97 Å². The molecule has 2 N–H and O–H groups in total. The molecule has 0 aromatic heterocycles. The van der Waals surface area contributed by atoms with Crippen LogP contribution >= 0.6 is 0 Å². The Labute approximate surface area is 143 Å². The molecule has 1 atom stereocenters. The van der Waals surface area contributed by atoms with E-state index in [4.69, 9.17) is 4.74 Å². The van der Waals surface area contributed by atoms with E-state index in [-0.39, 0.29) is 12.5 Å². The fourth-order valence-electron chi connectivity index (χ4n) is 2.28. The minimum atomic E-state index is -0.780. The van der Waals surface area contributed by atoms with Crippen molar-refractivity contribution in [3.63, 3.8) is 0 Å². The maximum absolute atomic E-state index is 11.6. The lowest BCUT2D eigenvalue weighted by Gasteiger charge is -2.17. The molecule has 1 aromatic carbocycles. The summed E-state index contributed by atoms with van der Waals surface area (Å²) >= 11 is 0. The lowest BCUT2D eigenvalue weighted by molar-refractivity contribution is -0.142. The van der Waals surface area contributed by atoms with Crippen molar-refractivity contribution in [1.29, 1.82) is 0 Å². The quantitative estimate of drug-likeness (QED) is 0.683. The van der Waals surface area contributed by atoms with Crippen LogP contribution in [0.15, 0.2) is 24.3 Å². The van der Waals surface area contributed by atoms with Gasteiger partial charge in [0.2, 0.25) is 0 Å². The molecule has 0 aliphatic carbocycles. The van der Waals surface area contributed by atoms with Gasteiger partial charge in [-0.2, -0.15) is 0 Å². The first-order valence-electron chi connectivity index (χ1n) is 8.15. The van der Waals surface area contributed by atoms with Crippen molar-refractivity contribution >= 4 is 11.9 Å². The first kappa shape index (κ1) is 20.0.